The summed E-state index contributed by atoms with van der Waals surface area (Å²) in [6, 6.07) is 13.0. The molecule has 1 atom stereocenters. The molecule has 0 saturated heterocycles. The van der Waals surface area contributed by atoms with E-state index >= 15 is 0 Å². The number of amides is 1. The van der Waals surface area contributed by atoms with Gasteiger partial charge in [-0.3, -0.25) is 4.79 Å². The molecule has 1 aliphatic heterocycles. The molecule has 0 saturated carbocycles. The lowest BCUT2D eigenvalue weighted by Gasteiger charge is -2.20. The number of anilines is 1. The number of carbonyl (C=O) groups is 1. The van der Waals surface area contributed by atoms with E-state index in [2.05, 4.69) is 6.07 Å². The zero-order valence-corrected chi connectivity index (χ0v) is 14.0. The SMILES string of the molecule is COc1ccc(C[NH+](C)CC(=O)N2CCc3ccccc32)cc1F. The van der Waals surface area contributed by atoms with Crippen LogP contribution < -0.4 is 14.5 Å². The van der Waals surface area contributed by atoms with Crippen LogP contribution in [0.15, 0.2) is 42.5 Å². The van der Waals surface area contributed by atoms with Crippen LogP contribution in [0.4, 0.5) is 10.1 Å². The summed E-state index contributed by atoms with van der Waals surface area (Å²) >= 11 is 0. The predicted octanol–water partition coefficient (Wildman–Crippen LogP) is 1.44. The number of para-hydroxylation sites is 1. The second kappa shape index (κ2) is 7.01. The number of quaternary nitrogens is 1. The number of nitrogens with zero attached hydrogens (tertiary/aromatic N) is 1. The van der Waals surface area contributed by atoms with Gasteiger partial charge in [-0.15, -0.1) is 0 Å². The Bertz CT molecular complexity index is 748. The quantitative estimate of drug-likeness (QED) is 0.901. The minimum absolute atomic E-state index is 0.103. The lowest BCUT2D eigenvalue weighted by atomic mass is 10.2. The first kappa shape index (κ1) is 16.5. The fourth-order valence-electron chi connectivity index (χ4n) is 3.18. The van der Waals surface area contributed by atoms with Crippen LogP contribution in [0, 0.1) is 5.82 Å². The zero-order chi connectivity index (χ0) is 17.1. The fraction of sp³-hybridized carbons (Fsp3) is 0.316. The maximum atomic E-state index is 13.8. The maximum absolute atomic E-state index is 13.8. The van der Waals surface area contributed by atoms with Gasteiger partial charge in [0.1, 0.15) is 6.54 Å². The molecule has 1 heterocycles. The van der Waals surface area contributed by atoms with Gasteiger partial charge >= 0.3 is 0 Å². The number of halogens is 1. The van der Waals surface area contributed by atoms with Crippen molar-refractivity contribution < 1.29 is 18.8 Å². The average molecular weight is 329 g/mol. The van der Waals surface area contributed by atoms with E-state index in [1.807, 2.05) is 36.2 Å². The van der Waals surface area contributed by atoms with Crippen molar-refractivity contribution in [3.63, 3.8) is 0 Å². The summed E-state index contributed by atoms with van der Waals surface area (Å²) in [6.45, 7) is 1.70. The molecule has 0 radical (unpaired) electrons. The molecule has 1 N–H and O–H groups in total. The molecule has 1 amide bonds. The first-order chi connectivity index (χ1) is 11.6. The molecule has 0 bridgehead atoms. The summed E-state index contributed by atoms with van der Waals surface area (Å²) in [7, 11) is 3.39. The van der Waals surface area contributed by atoms with Gasteiger partial charge in [0.2, 0.25) is 0 Å². The van der Waals surface area contributed by atoms with Crippen LogP contribution in [0.5, 0.6) is 5.75 Å². The van der Waals surface area contributed by atoms with Crippen molar-refractivity contribution in [3.8, 4) is 5.75 Å². The summed E-state index contributed by atoms with van der Waals surface area (Å²) in [5.74, 6) is -0.0322. The number of benzene rings is 2. The fourth-order valence-corrected chi connectivity index (χ4v) is 3.18. The second-order valence-corrected chi connectivity index (χ2v) is 6.20. The Balaban J connectivity index is 1.62. The van der Waals surface area contributed by atoms with E-state index in [0.29, 0.717) is 13.1 Å². The molecule has 0 aromatic heterocycles. The van der Waals surface area contributed by atoms with Crippen molar-refractivity contribution in [2.75, 3.05) is 32.1 Å². The van der Waals surface area contributed by atoms with Crippen LogP contribution in [0.2, 0.25) is 0 Å². The highest BCUT2D eigenvalue weighted by Gasteiger charge is 2.26. The molecule has 24 heavy (non-hydrogen) atoms. The third kappa shape index (κ3) is 3.41. The molecular formula is C19H22FN2O2+. The van der Waals surface area contributed by atoms with E-state index in [4.69, 9.17) is 4.74 Å². The molecule has 2 aromatic rings. The van der Waals surface area contributed by atoms with Gasteiger partial charge in [-0.05, 0) is 36.2 Å². The smallest absolute Gasteiger partial charge is 0.282 e. The van der Waals surface area contributed by atoms with E-state index in [1.165, 1.54) is 18.7 Å². The first-order valence-corrected chi connectivity index (χ1v) is 8.10. The van der Waals surface area contributed by atoms with Crippen molar-refractivity contribution in [2.45, 2.75) is 13.0 Å². The average Bonchev–Trinajstić information content (AvgIpc) is 2.99. The molecule has 5 heteroatoms. The Labute approximate surface area is 141 Å². The van der Waals surface area contributed by atoms with Crippen molar-refractivity contribution >= 4 is 11.6 Å². The van der Waals surface area contributed by atoms with E-state index in [9.17, 15) is 9.18 Å². The summed E-state index contributed by atoms with van der Waals surface area (Å²) in [4.78, 5) is 15.5. The molecule has 4 nitrogen and oxygen atoms in total. The number of ether oxygens (including phenoxy) is 1. The number of methoxy groups -OCH3 is 1. The molecule has 1 aliphatic rings. The van der Waals surface area contributed by atoms with Crippen LogP contribution in [-0.4, -0.2) is 33.2 Å². The van der Waals surface area contributed by atoms with E-state index in [1.54, 1.807) is 6.07 Å². The summed E-state index contributed by atoms with van der Waals surface area (Å²) < 4.78 is 18.7. The third-order valence-electron chi connectivity index (χ3n) is 4.36. The molecular weight excluding hydrogens is 307 g/mol. The highest BCUT2D eigenvalue weighted by Crippen LogP contribution is 2.27. The minimum Gasteiger partial charge on any atom is -0.494 e. The second-order valence-electron chi connectivity index (χ2n) is 6.20. The van der Waals surface area contributed by atoms with E-state index in [-0.39, 0.29) is 17.5 Å². The number of fused-ring (bicyclic) bond motifs is 1. The number of carbonyl (C=O) groups excluding carboxylic acids is 1. The van der Waals surface area contributed by atoms with Crippen molar-refractivity contribution in [1.29, 1.82) is 0 Å². The first-order valence-electron chi connectivity index (χ1n) is 8.10. The Hall–Kier alpha value is -2.40. The number of nitrogens with one attached hydrogen (secondary N) is 1. The van der Waals surface area contributed by atoms with Gasteiger partial charge < -0.3 is 14.5 Å². The van der Waals surface area contributed by atoms with Crippen LogP contribution >= 0.6 is 0 Å². The molecule has 0 fully saturated rings. The summed E-state index contributed by atoms with van der Waals surface area (Å²) in [5.41, 5.74) is 3.09. The van der Waals surface area contributed by atoms with E-state index in [0.717, 1.165) is 29.1 Å². The highest BCUT2D eigenvalue weighted by atomic mass is 19.1. The van der Waals surface area contributed by atoms with Gasteiger partial charge in [-0.1, -0.05) is 18.2 Å². The number of hydrogen-bond acceptors (Lipinski definition) is 2. The van der Waals surface area contributed by atoms with Gasteiger partial charge in [0.25, 0.3) is 5.91 Å². The molecule has 3 rings (SSSR count). The summed E-state index contributed by atoms with van der Waals surface area (Å²) in [5, 5.41) is 0. The number of likely N-dealkylation sites (N-methyl/N-ethyl adjacent to an activating group) is 1. The van der Waals surface area contributed by atoms with E-state index < -0.39 is 0 Å². The van der Waals surface area contributed by atoms with Crippen molar-refractivity contribution in [1.82, 2.24) is 0 Å². The molecule has 0 spiro atoms. The molecule has 2 aromatic carbocycles. The zero-order valence-electron chi connectivity index (χ0n) is 14.0. The molecule has 1 unspecified atom stereocenters. The minimum atomic E-state index is -0.373. The Kier molecular flexibility index (Phi) is 4.81. The van der Waals surface area contributed by atoms with Crippen LogP contribution in [0.3, 0.4) is 0 Å². The maximum Gasteiger partial charge on any atom is 0.282 e. The normalized spacial score (nSPS) is 14.4. The lowest BCUT2D eigenvalue weighted by Crippen LogP contribution is -3.08. The number of hydrogen-bond donors (Lipinski definition) is 1. The Morgan fingerprint density at radius 3 is 2.83 bits per heavy atom. The molecule has 0 aliphatic carbocycles. The largest absolute Gasteiger partial charge is 0.494 e. The van der Waals surface area contributed by atoms with Crippen LogP contribution in [0.1, 0.15) is 11.1 Å². The third-order valence-corrected chi connectivity index (χ3v) is 4.36. The lowest BCUT2D eigenvalue weighted by molar-refractivity contribution is -0.885. The Morgan fingerprint density at radius 1 is 1.29 bits per heavy atom. The summed E-state index contributed by atoms with van der Waals surface area (Å²) in [6.07, 6.45) is 0.907. The van der Waals surface area contributed by atoms with Gasteiger partial charge in [-0.2, -0.15) is 0 Å². The van der Waals surface area contributed by atoms with Crippen molar-refractivity contribution in [3.05, 3.63) is 59.4 Å². The van der Waals surface area contributed by atoms with Crippen LogP contribution in [-0.2, 0) is 17.8 Å². The van der Waals surface area contributed by atoms with Crippen molar-refractivity contribution in [2.24, 2.45) is 0 Å². The van der Waals surface area contributed by atoms with Gasteiger partial charge in [0, 0.05) is 17.8 Å². The standard InChI is InChI=1S/C19H21FN2O2/c1-21(12-14-7-8-18(24-2)16(20)11-14)13-19(23)22-10-9-15-5-3-4-6-17(15)22/h3-8,11H,9-10,12-13H2,1-2H3/p+1. The van der Waals surface area contributed by atoms with Crippen LogP contribution in [0.25, 0.3) is 0 Å². The predicted molar refractivity (Wildman–Crippen MR) is 90.9 cm³/mol. The topological polar surface area (TPSA) is 34.0 Å². The monoisotopic (exact) mass is 329 g/mol. The Morgan fingerprint density at radius 2 is 2.08 bits per heavy atom. The van der Waals surface area contributed by atoms with Gasteiger partial charge in [-0.25, -0.2) is 4.39 Å². The van der Waals surface area contributed by atoms with Gasteiger partial charge in [0.15, 0.2) is 18.1 Å². The van der Waals surface area contributed by atoms with Gasteiger partial charge in [0.05, 0.1) is 14.2 Å². The number of rotatable bonds is 5. The highest BCUT2D eigenvalue weighted by molar-refractivity contribution is 5.96. The molecule has 126 valence electrons.